The monoisotopic (exact) mass is 267 g/mol. The van der Waals surface area contributed by atoms with E-state index < -0.39 is 5.82 Å². The van der Waals surface area contributed by atoms with Crippen molar-refractivity contribution in [2.45, 2.75) is 25.9 Å². The Bertz CT molecular complexity index is 539. The number of aryl methyl sites for hydroxylation is 1. The van der Waals surface area contributed by atoms with Crippen LogP contribution in [0.3, 0.4) is 0 Å². The van der Waals surface area contributed by atoms with Crippen LogP contribution in [0.4, 0.5) is 4.39 Å². The van der Waals surface area contributed by atoms with Crippen LogP contribution in [0.2, 0.25) is 5.02 Å². The second kappa shape index (κ2) is 5.50. The Labute approximate surface area is 110 Å². The summed E-state index contributed by atoms with van der Waals surface area (Å²) < 4.78 is 15.6. The third-order valence-electron chi connectivity index (χ3n) is 2.90. The van der Waals surface area contributed by atoms with E-state index in [9.17, 15) is 4.39 Å². The molecule has 0 bridgehead atoms. The highest BCUT2D eigenvalue weighted by Gasteiger charge is 2.15. The fourth-order valence-electron chi connectivity index (χ4n) is 1.97. The van der Waals surface area contributed by atoms with Crippen molar-refractivity contribution in [2.75, 3.05) is 0 Å². The zero-order valence-electron chi connectivity index (χ0n) is 10.1. The van der Waals surface area contributed by atoms with Gasteiger partial charge in [-0.05, 0) is 31.0 Å². The van der Waals surface area contributed by atoms with Crippen LogP contribution in [0.15, 0.2) is 30.5 Å². The Balaban J connectivity index is 2.21. The molecule has 0 spiro atoms. The van der Waals surface area contributed by atoms with Gasteiger partial charge in [0.15, 0.2) is 0 Å². The van der Waals surface area contributed by atoms with E-state index in [-0.39, 0.29) is 11.1 Å². The number of nitrogens with zero attached hydrogens (tertiary/aromatic N) is 2. The highest BCUT2D eigenvalue weighted by Crippen LogP contribution is 2.22. The van der Waals surface area contributed by atoms with Crippen LogP contribution < -0.4 is 5.73 Å². The van der Waals surface area contributed by atoms with Gasteiger partial charge in [-0.15, -0.1) is 0 Å². The van der Waals surface area contributed by atoms with Gasteiger partial charge in [-0.3, -0.25) is 4.68 Å². The SMILES string of the molecule is CCn1nccc1C(N)Cc1cccc(Cl)c1F. The first kappa shape index (κ1) is 13.1. The fraction of sp³-hybridized carbons (Fsp3) is 0.308. The first-order valence-corrected chi connectivity index (χ1v) is 6.21. The van der Waals surface area contributed by atoms with E-state index in [0.29, 0.717) is 12.0 Å². The quantitative estimate of drug-likeness (QED) is 0.926. The lowest BCUT2D eigenvalue weighted by atomic mass is 10.0. The summed E-state index contributed by atoms with van der Waals surface area (Å²) in [7, 11) is 0. The van der Waals surface area contributed by atoms with Crippen molar-refractivity contribution in [3.63, 3.8) is 0 Å². The average Bonchev–Trinajstić information content (AvgIpc) is 2.83. The molecule has 0 aliphatic heterocycles. The van der Waals surface area contributed by atoms with Crippen LogP contribution >= 0.6 is 11.6 Å². The van der Waals surface area contributed by atoms with Crippen LogP contribution in [0, 0.1) is 5.82 Å². The van der Waals surface area contributed by atoms with E-state index in [4.69, 9.17) is 17.3 Å². The molecular weight excluding hydrogens is 253 g/mol. The van der Waals surface area contributed by atoms with E-state index in [1.807, 2.05) is 17.7 Å². The Kier molecular flexibility index (Phi) is 3.99. The molecule has 0 aliphatic carbocycles. The van der Waals surface area contributed by atoms with Gasteiger partial charge in [-0.2, -0.15) is 5.10 Å². The van der Waals surface area contributed by atoms with Crippen LogP contribution in [0.1, 0.15) is 24.2 Å². The first-order chi connectivity index (χ1) is 8.63. The van der Waals surface area contributed by atoms with Gasteiger partial charge in [0, 0.05) is 12.7 Å². The second-order valence-electron chi connectivity index (χ2n) is 4.10. The van der Waals surface area contributed by atoms with Gasteiger partial charge in [0.1, 0.15) is 5.82 Å². The molecule has 0 fully saturated rings. The van der Waals surface area contributed by atoms with Crippen LogP contribution in [-0.4, -0.2) is 9.78 Å². The van der Waals surface area contributed by atoms with Gasteiger partial charge in [-0.25, -0.2) is 4.39 Å². The minimum Gasteiger partial charge on any atom is -0.322 e. The molecule has 0 saturated carbocycles. The van der Waals surface area contributed by atoms with Crippen molar-refractivity contribution < 1.29 is 4.39 Å². The minimum absolute atomic E-state index is 0.128. The van der Waals surface area contributed by atoms with Gasteiger partial charge < -0.3 is 5.73 Å². The topological polar surface area (TPSA) is 43.8 Å². The molecule has 1 aromatic heterocycles. The number of benzene rings is 1. The molecule has 1 unspecified atom stereocenters. The van der Waals surface area contributed by atoms with Gasteiger partial charge in [0.25, 0.3) is 0 Å². The summed E-state index contributed by atoms with van der Waals surface area (Å²) in [6, 6.07) is 6.53. The molecule has 2 rings (SSSR count). The van der Waals surface area contributed by atoms with Crippen LogP contribution in [-0.2, 0) is 13.0 Å². The fourth-order valence-corrected chi connectivity index (χ4v) is 2.16. The molecule has 2 aromatic rings. The number of nitrogens with two attached hydrogens (primary N) is 1. The lowest BCUT2D eigenvalue weighted by Gasteiger charge is -2.14. The standard InChI is InChI=1S/C13H15ClFN3/c1-2-18-12(6-7-17-18)11(16)8-9-4-3-5-10(14)13(9)15/h3-7,11H,2,8,16H2,1H3. The highest BCUT2D eigenvalue weighted by molar-refractivity contribution is 6.30. The van der Waals surface area contributed by atoms with Gasteiger partial charge in [-0.1, -0.05) is 23.7 Å². The lowest BCUT2D eigenvalue weighted by molar-refractivity contribution is 0.551. The third-order valence-corrected chi connectivity index (χ3v) is 3.19. The summed E-state index contributed by atoms with van der Waals surface area (Å²) in [5.74, 6) is -0.391. The summed E-state index contributed by atoms with van der Waals surface area (Å²) in [6.07, 6.45) is 2.10. The summed E-state index contributed by atoms with van der Waals surface area (Å²) in [5.41, 5.74) is 7.52. The predicted molar refractivity (Wildman–Crippen MR) is 69.9 cm³/mol. The van der Waals surface area contributed by atoms with E-state index in [1.165, 1.54) is 6.07 Å². The van der Waals surface area contributed by atoms with Gasteiger partial charge >= 0.3 is 0 Å². The largest absolute Gasteiger partial charge is 0.322 e. The second-order valence-corrected chi connectivity index (χ2v) is 4.50. The number of hydrogen-bond acceptors (Lipinski definition) is 2. The third kappa shape index (κ3) is 2.54. The molecule has 5 heteroatoms. The smallest absolute Gasteiger partial charge is 0.145 e. The molecule has 1 aromatic carbocycles. The molecular formula is C13H15ClFN3. The molecule has 0 amide bonds. The van der Waals surface area contributed by atoms with Gasteiger partial charge in [0.2, 0.25) is 0 Å². The van der Waals surface area contributed by atoms with E-state index in [1.54, 1.807) is 18.3 Å². The number of aromatic nitrogens is 2. The van der Waals surface area contributed by atoms with Crippen molar-refractivity contribution >= 4 is 11.6 Å². The molecule has 0 aliphatic rings. The van der Waals surface area contributed by atoms with Crippen molar-refractivity contribution in [1.29, 1.82) is 0 Å². The predicted octanol–water partition coefficient (Wildman–Crippen LogP) is 2.94. The maximum absolute atomic E-state index is 13.8. The zero-order chi connectivity index (χ0) is 13.1. The Morgan fingerprint density at radius 2 is 2.22 bits per heavy atom. The molecule has 2 N–H and O–H groups in total. The molecule has 0 saturated heterocycles. The molecule has 18 heavy (non-hydrogen) atoms. The van der Waals surface area contributed by atoms with Crippen molar-refractivity contribution in [2.24, 2.45) is 5.73 Å². The lowest BCUT2D eigenvalue weighted by Crippen LogP contribution is -2.18. The first-order valence-electron chi connectivity index (χ1n) is 5.83. The molecule has 1 atom stereocenters. The Morgan fingerprint density at radius 1 is 1.44 bits per heavy atom. The van der Waals surface area contributed by atoms with Crippen molar-refractivity contribution in [3.05, 3.63) is 52.6 Å². The van der Waals surface area contributed by atoms with Crippen molar-refractivity contribution in [1.82, 2.24) is 9.78 Å². The van der Waals surface area contributed by atoms with Crippen LogP contribution in [0.5, 0.6) is 0 Å². The van der Waals surface area contributed by atoms with Crippen molar-refractivity contribution in [3.8, 4) is 0 Å². The average molecular weight is 268 g/mol. The number of halogens is 2. The minimum atomic E-state index is -0.391. The summed E-state index contributed by atoms with van der Waals surface area (Å²) in [6.45, 7) is 2.73. The molecule has 3 nitrogen and oxygen atoms in total. The number of rotatable bonds is 4. The van der Waals surface area contributed by atoms with Gasteiger partial charge in [0.05, 0.1) is 16.8 Å². The molecule has 1 heterocycles. The summed E-state index contributed by atoms with van der Waals surface area (Å²) in [4.78, 5) is 0. The Hall–Kier alpha value is -1.39. The van der Waals surface area contributed by atoms with E-state index >= 15 is 0 Å². The summed E-state index contributed by atoms with van der Waals surface area (Å²) >= 11 is 5.75. The van der Waals surface area contributed by atoms with Crippen LogP contribution in [0.25, 0.3) is 0 Å². The summed E-state index contributed by atoms with van der Waals surface area (Å²) in [5, 5.41) is 4.28. The maximum atomic E-state index is 13.8. The molecule has 96 valence electrons. The van der Waals surface area contributed by atoms with E-state index in [2.05, 4.69) is 5.10 Å². The maximum Gasteiger partial charge on any atom is 0.145 e. The zero-order valence-corrected chi connectivity index (χ0v) is 10.9. The number of hydrogen-bond donors (Lipinski definition) is 1. The molecule has 0 radical (unpaired) electrons. The Morgan fingerprint density at radius 3 is 2.94 bits per heavy atom. The highest BCUT2D eigenvalue weighted by atomic mass is 35.5. The normalized spacial score (nSPS) is 12.7. The van der Waals surface area contributed by atoms with E-state index in [0.717, 1.165) is 12.2 Å².